The SMILES string of the molecule is c1ccc(N(c2ccccc2)c2cccc(-c3ccc4ccccc4n3)c2)cc1. The van der Waals surface area contributed by atoms with E-state index in [1.54, 1.807) is 0 Å². The zero-order valence-electron chi connectivity index (χ0n) is 15.9. The Morgan fingerprint density at radius 2 is 1.10 bits per heavy atom. The van der Waals surface area contributed by atoms with Gasteiger partial charge >= 0.3 is 0 Å². The molecule has 138 valence electrons. The molecule has 1 aromatic heterocycles. The number of rotatable bonds is 4. The van der Waals surface area contributed by atoms with Crippen LogP contribution in [0.15, 0.2) is 121 Å². The van der Waals surface area contributed by atoms with Gasteiger partial charge in [0.15, 0.2) is 0 Å². The number of hydrogen-bond donors (Lipinski definition) is 0. The van der Waals surface area contributed by atoms with Gasteiger partial charge in [-0.25, -0.2) is 4.98 Å². The summed E-state index contributed by atoms with van der Waals surface area (Å²) in [4.78, 5) is 7.14. The predicted octanol–water partition coefficient (Wildman–Crippen LogP) is 7.37. The van der Waals surface area contributed by atoms with E-state index in [9.17, 15) is 0 Å². The van der Waals surface area contributed by atoms with Crippen LogP contribution in [0.2, 0.25) is 0 Å². The van der Waals surface area contributed by atoms with E-state index in [1.807, 2.05) is 24.3 Å². The Labute approximate surface area is 170 Å². The van der Waals surface area contributed by atoms with Crippen molar-refractivity contribution < 1.29 is 0 Å². The molecular weight excluding hydrogens is 352 g/mol. The standard InChI is InChI=1S/C27H20N2/c1-3-12-23(13-4-1)29(24-14-5-2-6-15-24)25-16-9-11-22(20-25)27-19-18-21-10-7-8-17-26(21)28-27/h1-20H. The normalized spacial score (nSPS) is 10.8. The van der Waals surface area contributed by atoms with Gasteiger partial charge in [0.25, 0.3) is 0 Å². The number of fused-ring (bicyclic) bond motifs is 1. The number of para-hydroxylation sites is 3. The van der Waals surface area contributed by atoms with Crippen LogP contribution in [0.3, 0.4) is 0 Å². The van der Waals surface area contributed by atoms with Gasteiger partial charge in [0, 0.05) is 28.0 Å². The van der Waals surface area contributed by atoms with Gasteiger partial charge in [0.05, 0.1) is 11.2 Å². The molecule has 0 N–H and O–H groups in total. The number of benzene rings is 4. The van der Waals surface area contributed by atoms with Gasteiger partial charge in [-0.15, -0.1) is 0 Å². The molecule has 1 heterocycles. The van der Waals surface area contributed by atoms with Crippen LogP contribution in [0.4, 0.5) is 17.1 Å². The minimum atomic E-state index is 0.978. The molecule has 29 heavy (non-hydrogen) atoms. The molecule has 0 bridgehead atoms. The lowest BCUT2D eigenvalue weighted by atomic mass is 10.1. The number of anilines is 3. The first-order valence-corrected chi connectivity index (χ1v) is 9.75. The minimum Gasteiger partial charge on any atom is -0.310 e. The van der Waals surface area contributed by atoms with Crippen LogP contribution in [-0.2, 0) is 0 Å². The topological polar surface area (TPSA) is 16.1 Å². The van der Waals surface area contributed by atoms with Crippen molar-refractivity contribution in [2.45, 2.75) is 0 Å². The molecule has 0 saturated carbocycles. The summed E-state index contributed by atoms with van der Waals surface area (Å²) < 4.78 is 0. The number of nitrogens with zero attached hydrogens (tertiary/aromatic N) is 2. The van der Waals surface area contributed by atoms with Crippen LogP contribution in [0.1, 0.15) is 0 Å². The Hall–Kier alpha value is -3.91. The van der Waals surface area contributed by atoms with Crippen molar-refractivity contribution >= 4 is 28.0 Å². The first-order chi connectivity index (χ1) is 14.4. The molecule has 2 nitrogen and oxygen atoms in total. The van der Waals surface area contributed by atoms with Crippen LogP contribution < -0.4 is 4.90 Å². The van der Waals surface area contributed by atoms with Crippen LogP contribution in [-0.4, -0.2) is 4.98 Å². The second-order valence-corrected chi connectivity index (χ2v) is 6.95. The van der Waals surface area contributed by atoms with Crippen LogP contribution >= 0.6 is 0 Å². The molecule has 0 atom stereocenters. The fourth-order valence-electron chi connectivity index (χ4n) is 3.63. The summed E-state index contributed by atoms with van der Waals surface area (Å²) >= 11 is 0. The van der Waals surface area contributed by atoms with Crippen molar-refractivity contribution in [3.63, 3.8) is 0 Å². The van der Waals surface area contributed by atoms with Crippen molar-refractivity contribution in [2.24, 2.45) is 0 Å². The third-order valence-electron chi connectivity index (χ3n) is 5.03. The molecule has 0 amide bonds. The maximum absolute atomic E-state index is 4.87. The third kappa shape index (κ3) is 3.48. The quantitative estimate of drug-likeness (QED) is 0.327. The highest BCUT2D eigenvalue weighted by molar-refractivity contribution is 5.83. The second-order valence-electron chi connectivity index (χ2n) is 6.95. The summed E-state index contributed by atoms with van der Waals surface area (Å²) in [5.41, 5.74) is 6.45. The third-order valence-corrected chi connectivity index (χ3v) is 5.03. The van der Waals surface area contributed by atoms with E-state index < -0.39 is 0 Å². The Morgan fingerprint density at radius 1 is 0.483 bits per heavy atom. The smallest absolute Gasteiger partial charge is 0.0710 e. The Kier molecular flexibility index (Phi) is 4.51. The molecule has 2 heteroatoms. The van der Waals surface area contributed by atoms with Crippen molar-refractivity contribution in [1.82, 2.24) is 4.98 Å². The van der Waals surface area contributed by atoms with Crippen molar-refractivity contribution in [3.05, 3.63) is 121 Å². The zero-order valence-corrected chi connectivity index (χ0v) is 15.9. The molecule has 0 aliphatic rings. The summed E-state index contributed by atoms with van der Waals surface area (Å²) in [6.45, 7) is 0. The monoisotopic (exact) mass is 372 g/mol. The largest absolute Gasteiger partial charge is 0.310 e. The molecule has 0 radical (unpaired) electrons. The van der Waals surface area contributed by atoms with Crippen LogP contribution in [0, 0.1) is 0 Å². The van der Waals surface area contributed by atoms with Gasteiger partial charge in [-0.05, 0) is 48.5 Å². The van der Waals surface area contributed by atoms with E-state index in [0.29, 0.717) is 0 Å². The Bertz CT molecular complexity index is 1210. The Morgan fingerprint density at radius 3 is 1.83 bits per heavy atom. The summed E-state index contributed by atoms with van der Waals surface area (Å²) in [7, 11) is 0. The lowest BCUT2D eigenvalue weighted by molar-refractivity contribution is 1.28. The van der Waals surface area contributed by atoms with E-state index in [1.165, 1.54) is 0 Å². The summed E-state index contributed by atoms with van der Waals surface area (Å²) in [5, 5.41) is 1.16. The van der Waals surface area contributed by atoms with Crippen molar-refractivity contribution in [1.29, 1.82) is 0 Å². The van der Waals surface area contributed by atoms with E-state index in [2.05, 4.69) is 102 Å². The minimum absolute atomic E-state index is 0.978. The summed E-state index contributed by atoms with van der Waals surface area (Å²) in [6.07, 6.45) is 0. The lowest BCUT2D eigenvalue weighted by Crippen LogP contribution is -2.09. The molecular formula is C27H20N2. The summed E-state index contributed by atoms with van der Waals surface area (Å²) in [6, 6.07) is 41.9. The fraction of sp³-hybridized carbons (Fsp3) is 0. The van der Waals surface area contributed by atoms with E-state index in [4.69, 9.17) is 4.98 Å². The van der Waals surface area contributed by atoms with Gasteiger partial charge < -0.3 is 4.90 Å². The van der Waals surface area contributed by atoms with Crippen molar-refractivity contribution in [3.8, 4) is 11.3 Å². The molecule has 5 aromatic rings. The molecule has 0 fully saturated rings. The summed E-state index contributed by atoms with van der Waals surface area (Å²) in [5.74, 6) is 0. The fourth-order valence-corrected chi connectivity index (χ4v) is 3.63. The maximum Gasteiger partial charge on any atom is 0.0710 e. The molecule has 0 aliphatic carbocycles. The Balaban J connectivity index is 1.62. The highest BCUT2D eigenvalue weighted by Crippen LogP contribution is 2.36. The van der Waals surface area contributed by atoms with Crippen molar-refractivity contribution in [2.75, 3.05) is 4.90 Å². The molecule has 0 spiro atoms. The van der Waals surface area contributed by atoms with Gasteiger partial charge in [-0.1, -0.05) is 72.8 Å². The zero-order chi connectivity index (χ0) is 19.5. The van der Waals surface area contributed by atoms with Gasteiger partial charge in [-0.3, -0.25) is 0 Å². The van der Waals surface area contributed by atoms with E-state index >= 15 is 0 Å². The van der Waals surface area contributed by atoms with Gasteiger partial charge in [-0.2, -0.15) is 0 Å². The molecule has 4 aromatic carbocycles. The average Bonchev–Trinajstić information content (AvgIpc) is 2.81. The molecule has 0 unspecified atom stereocenters. The van der Waals surface area contributed by atoms with E-state index in [0.717, 1.165) is 39.2 Å². The first-order valence-electron chi connectivity index (χ1n) is 9.75. The number of hydrogen-bond acceptors (Lipinski definition) is 2. The van der Waals surface area contributed by atoms with Crippen LogP contribution in [0.5, 0.6) is 0 Å². The van der Waals surface area contributed by atoms with Gasteiger partial charge in [0.2, 0.25) is 0 Å². The number of pyridine rings is 1. The van der Waals surface area contributed by atoms with E-state index in [-0.39, 0.29) is 0 Å². The van der Waals surface area contributed by atoms with Gasteiger partial charge in [0.1, 0.15) is 0 Å². The first kappa shape index (κ1) is 17.2. The highest BCUT2D eigenvalue weighted by atomic mass is 15.1. The molecule has 0 aliphatic heterocycles. The maximum atomic E-state index is 4.87. The lowest BCUT2D eigenvalue weighted by Gasteiger charge is -2.25. The average molecular weight is 372 g/mol. The number of aromatic nitrogens is 1. The predicted molar refractivity (Wildman–Crippen MR) is 122 cm³/mol. The molecule has 5 rings (SSSR count). The molecule has 0 saturated heterocycles. The van der Waals surface area contributed by atoms with Crippen LogP contribution in [0.25, 0.3) is 22.2 Å². The second kappa shape index (κ2) is 7.61. The highest BCUT2D eigenvalue weighted by Gasteiger charge is 2.13.